The molecule has 31 heavy (non-hydrogen) atoms. The van der Waals surface area contributed by atoms with Gasteiger partial charge in [0.2, 0.25) is 0 Å². The van der Waals surface area contributed by atoms with E-state index in [1.54, 1.807) is 25.4 Å². The monoisotopic (exact) mass is 492 g/mol. The average Bonchev–Trinajstić information content (AvgIpc) is 2.78. The molecular formula is C20H25BrN6O4. The minimum absolute atomic E-state index is 0.0154. The number of nitro groups is 1. The van der Waals surface area contributed by atoms with E-state index in [2.05, 4.69) is 36.0 Å². The molecule has 0 saturated carbocycles. The molecule has 0 unspecified atom stereocenters. The van der Waals surface area contributed by atoms with Gasteiger partial charge in [-0.25, -0.2) is 4.98 Å². The molecule has 2 saturated heterocycles. The van der Waals surface area contributed by atoms with Crippen molar-refractivity contribution in [3.05, 3.63) is 49.5 Å². The van der Waals surface area contributed by atoms with E-state index in [1.807, 2.05) is 0 Å². The van der Waals surface area contributed by atoms with E-state index in [4.69, 9.17) is 4.74 Å². The second kappa shape index (κ2) is 9.33. The highest BCUT2D eigenvalue weighted by Gasteiger charge is 2.29. The van der Waals surface area contributed by atoms with Gasteiger partial charge in [-0.15, -0.1) is 0 Å². The summed E-state index contributed by atoms with van der Waals surface area (Å²) in [4.78, 5) is 32.4. The highest BCUT2D eigenvalue weighted by atomic mass is 79.9. The molecule has 0 amide bonds. The molecule has 166 valence electrons. The summed E-state index contributed by atoms with van der Waals surface area (Å²) in [5, 5.41) is 14.7. The van der Waals surface area contributed by atoms with Gasteiger partial charge in [0.1, 0.15) is 10.3 Å². The van der Waals surface area contributed by atoms with Crippen molar-refractivity contribution >= 4 is 38.8 Å². The number of benzene rings is 1. The molecule has 3 heterocycles. The average molecular weight is 493 g/mol. The van der Waals surface area contributed by atoms with Crippen LogP contribution in [0.15, 0.2) is 33.8 Å². The number of anilines is 3. The first-order chi connectivity index (χ1) is 14.9. The molecule has 2 aliphatic heterocycles. The third-order valence-electron chi connectivity index (χ3n) is 5.84. The number of ether oxygens (including phenoxy) is 1. The van der Waals surface area contributed by atoms with Gasteiger partial charge in [0.15, 0.2) is 5.82 Å². The Balaban J connectivity index is 1.51. The first-order valence-electron chi connectivity index (χ1n) is 10.3. The summed E-state index contributed by atoms with van der Waals surface area (Å²) in [6.45, 7) is 4.99. The summed E-state index contributed by atoms with van der Waals surface area (Å²) in [6.07, 6.45) is 3.49. The topological polar surface area (TPSA) is 106 Å². The second-order valence-electron chi connectivity index (χ2n) is 7.78. The SMILES string of the molecule is Cn1cc(Br)nc(Nc2ccc(N3CCC(N4CCOCC4)CC3)c([N+](=O)[O-])c2)c1=O. The van der Waals surface area contributed by atoms with Crippen LogP contribution in [-0.4, -0.2) is 64.8 Å². The normalized spacial score (nSPS) is 18.2. The van der Waals surface area contributed by atoms with Gasteiger partial charge in [-0.05, 0) is 40.9 Å². The molecule has 1 aromatic heterocycles. The number of aryl methyl sites for hydroxylation is 1. The van der Waals surface area contributed by atoms with Crippen molar-refractivity contribution in [2.45, 2.75) is 18.9 Å². The van der Waals surface area contributed by atoms with E-state index >= 15 is 0 Å². The van der Waals surface area contributed by atoms with Crippen LogP contribution in [0.5, 0.6) is 0 Å². The van der Waals surface area contributed by atoms with Crippen molar-refractivity contribution in [1.29, 1.82) is 0 Å². The van der Waals surface area contributed by atoms with Gasteiger partial charge in [0.05, 0.1) is 18.1 Å². The maximum atomic E-state index is 12.3. The zero-order valence-electron chi connectivity index (χ0n) is 17.3. The molecule has 1 aromatic carbocycles. The van der Waals surface area contributed by atoms with Gasteiger partial charge in [-0.3, -0.25) is 19.8 Å². The first kappa shape index (κ1) is 21.7. The van der Waals surface area contributed by atoms with Gasteiger partial charge in [-0.1, -0.05) is 0 Å². The number of rotatable bonds is 5. The Hall–Kier alpha value is -2.50. The van der Waals surface area contributed by atoms with Crippen LogP contribution < -0.4 is 15.8 Å². The molecule has 2 fully saturated rings. The summed E-state index contributed by atoms with van der Waals surface area (Å²) in [6, 6.07) is 5.46. The molecule has 4 rings (SSSR count). The van der Waals surface area contributed by atoms with E-state index in [1.165, 1.54) is 10.6 Å². The number of halogens is 1. The third kappa shape index (κ3) is 4.89. The zero-order chi connectivity index (χ0) is 22.0. The molecule has 0 aliphatic carbocycles. The Bertz CT molecular complexity index is 1020. The third-order valence-corrected chi connectivity index (χ3v) is 6.23. The fraction of sp³-hybridized carbons (Fsp3) is 0.500. The van der Waals surface area contributed by atoms with Crippen LogP contribution in [-0.2, 0) is 11.8 Å². The number of nitro benzene ring substituents is 1. The van der Waals surface area contributed by atoms with E-state index in [0.717, 1.165) is 52.2 Å². The van der Waals surface area contributed by atoms with Gasteiger partial charge < -0.3 is 19.5 Å². The van der Waals surface area contributed by atoms with Crippen LogP contribution in [0.25, 0.3) is 0 Å². The van der Waals surface area contributed by atoms with E-state index in [0.29, 0.717) is 22.0 Å². The van der Waals surface area contributed by atoms with Crippen molar-refractivity contribution in [3.8, 4) is 0 Å². The standard InChI is InChI=1S/C20H25BrN6O4/c1-24-13-18(21)23-19(20(24)28)22-14-2-3-16(17(12-14)27(29)30)26-6-4-15(5-7-26)25-8-10-31-11-9-25/h2-3,12-13,15H,4-11H2,1H3,(H,22,23). The van der Waals surface area contributed by atoms with Crippen molar-refractivity contribution in [1.82, 2.24) is 14.5 Å². The van der Waals surface area contributed by atoms with Crippen LogP contribution in [0.3, 0.4) is 0 Å². The quantitative estimate of drug-likeness (QED) is 0.501. The summed E-state index contributed by atoms with van der Waals surface area (Å²) in [7, 11) is 1.62. The number of hydrogen-bond acceptors (Lipinski definition) is 8. The van der Waals surface area contributed by atoms with Crippen molar-refractivity contribution in [2.75, 3.05) is 49.6 Å². The second-order valence-corrected chi connectivity index (χ2v) is 8.59. The molecule has 0 bridgehead atoms. The molecular weight excluding hydrogens is 468 g/mol. The van der Waals surface area contributed by atoms with Crippen LogP contribution >= 0.6 is 15.9 Å². The van der Waals surface area contributed by atoms with Crippen LogP contribution in [0.2, 0.25) is 0 Å². The predicted molar refractivity (Wildman–Crippen MR) is 121 cm³/mol. The first-order valence-corrected chi connectivity index (χ1v) is 11.1. The van der Waals surface area contributed by atoms with E-state index < -0.39 is 0 Å². The lowest BCUT2D eigenvalue weighted by molar-refractivity contribution is -0.384. The lowest BCUT2D eigenvalue weighted by atomic mass is 10.0. The number of piperidine rings is 1. The largest absolute Gasteiger partial charge is 0.379 e. The fourth-order valence-corrected chi connectivity index (χ4v) is 4.70. The highest BCUT2D eigenvalue weighted by Crippen LogP contribution is 2.34. The number of nitrogens with zero attached hydrogens (tertiary/aromatic N) is 5. The number of nitrogens with one attached hydrogen (secondary N) is 1. The van der Waals surface area contributed by atoms with Crippen LogP contribution in [0, 0.1) is 10.1 Å². The minimum atomic E-state index is -0.374. The Kier molecular flexibility index (Phi) is 6.54. The lowest BCUT2D eigenvalue weighted by Crippen LogP contribution is -2.49. The Labute approximate surface area is 188 Å². The van der Waals surface area contributed by atoms with E-state index in [9.17, 15) is 14.9 Å². The van der Waals surface area contributed by atoms with Gasteiger partial charge in [0.25, 0.3) is 11.2 Å². The van der Waals surface area contributed by atoms with E-state index in [-0.39, 0.29) is 22.0 Å². The molecule has 0 atom stereocenters. The molecule has 2 aliphatic rings. The number of morpholine rings is 1. The number of hydrogen-bond donors (Lipinski definition) is 1. The minimum Gasteiger partial charge on any atom is -0.379 e. The van der Waals surface area contributed by atoms with Crippen molar-refractivity contribution in [2.24, 2.45) is 7.05 Å². The fourth-order valence-electron chi connectivity index (χ4n) is 4.22. The molecule has 10 nitrogen and oxygen atoms in total. The lowest BCUT2D eigenvalue weighted by Gasteiger charge is -2.40. The molecule has 0 spiro atoms. The van der Waals surface area contributed by atoms with Gasteiger partial charge in [0, 0.05) is 57.2 Å². The van der Waals surface area contributed by atoms with Crippen molar-refractivity contribution in [3.63, 3.8) is 0 Å². The Morgan fingerprint density at radius 3 is 2.61 bits per heavy atom. The van der Waals surface area contributed by atoms with Gasteiger partial charge >= 0.3 is 0 Å². The summed E-state index contributed by atoms with van der Waals surface area (Å²) in [5.74, 6) is 0.102. The number of aromatic nitrogens is 2. The van der Waals surface area contributed by atoms with Crippen LogP contribution in [0.4, 0.5) is 22.9 Å². The zero-order valence-corrected chi connectivity index (χ0v) is 18.9. The Morgan fingerprint density at radius 2 is 1.94 bits per heavy atom. The van der Waals surface area contributed by atoms with Gasteiger partial charge in [-0.2, -0.15) is 0 Å². The molecule has 0 radical (unpaired) electrons. The predicted octanol–water partition coefficient (Wildman–Crippen LogP) is 2.50. The maximum absolute atomic E-state index is 12.3. The molecule has 2 aromatic rings. The summed E-state index contributed by atoms with van der Waals surface area (Å²) >= 11 is 3.26. The molecule has 1 N–H and O–H groups in total. The Morgan fingerprint density at radius 1 is 1.23 bits per heavy atom. The summed E-state index contributed by atoms with van der Waals surface area (Å²) in [5.41, 5.74) is 0.745. The molecule has 11 heteroatoms. The van der Waals surface area contributed by atoms with Crippen LogP contribution in [0.1, 0.15) is 12.8 Å². The smallest absolute Gasteiger partial charge is 0.294 e. The summed E-state index contributed by atoms with van der Waals surface area (Å²) < 4.78 is 7.32. The van der Waals surface area contributed by atoms with Crippen molar-refractivity contribution < 1.29 is 9.66 Å². The highest BCUT2D eigenvalue weighted by molar-refractivity contribution is 9.10. The maximum Gasteiger partial charge on any atom is 0.294 e.